The molecule has 1 N–H and O–H groups in total. The van der Waals surface area contributed by atoms with Gasteiger partial charge in [0.05, 0.1) is 5.69 Å². The van der Waals surface area contributed by atoms with E-state index in [1.807, 2.05) is 36.4 Å². The van der Waals surface area contributed by atoms with Gasteiger partial charge in [-0.2, -0.15) is 5.10 Å². The Morgan fingerprint density at radius 2 is 1.83 bits per heavy atom. The van der Waals surface area contributed by atoms with Gasteiger partial charge in [0.1, 0.15) is 10.7 Å². The van der Waals surface area contributed by atoms with Gasteiger partial charge in [0.25, 0.3) is 10.0 Å². The summed E-state index contributed by atoms with van der Waals surface area (Å²) in [5.74, 6) is 0.293. The minimum absolute atomic E-state index is 0.143. The molecule has 2 heterocycles. The van der Waals surface area contributed by atoms with Crippen LogP contribution >= 0.6 is 0 Å². The third-order valence-corrected chi connectivity index (χ3v) is 4.82. The SMILES string of the molecule is Cc1nn(C)cc1S(=O)(=O)Nc1ncccc1-c1ccccc1. The van der Waals surface area contributed by atoms with Crippen LogP contribution < -0.4 is 4.72 Å². The minimum Gasteiger partial charge on any atom is -0.274 e. The van der Waals surface area contributed by atoms with Crippen molar-refractivity contribution in [3.8, 4) is 11.1 Å². The van der Waals surface area contributed by atoms with Gasteiger partial charge >= 0.3 is 0 Å². The number of sulfonamides is 1. The van der Waals surface area contributed by atoms with Crippen molar-refractivity contribution >= 4 is 15.8 Å². The zero-order chi connectivity index (χ0) is 16.4. The summed E-state index contributed by atoms with van der Waals surface area (Å²) in [5, 5.41) is 4.08. The van der Waals surface area contributed by atoms with Crippen LogP contribution in [0.3, 0.4) is 0 Å². The molecule has 0 aliphatic heterocycles. The number of hydrogen-bond donors (Lipinski definition) is 1. The normalized spacial score (nSPS) is 11.4. The van der Waals surface area contributed by atoms with E-state index in [0.717, 1.165) is 11.1 Å². The summed E-state index contributed by atoms with van der Waals surface area (Å²) in [6.07, 6.45) is 3.03. The van der Waals surface area contributed by atoms with E-state index in [2.05, 4.69) is 14.8 Å². The summed E-state index contributed by atoms with van der Waals surface area (Å²) in [7, 11) is -2.07. The molecular formula is C16H16N4O2S. The summed E-state index contributed by atoms with van der Waals surface area (Å²) in [4.78, 5) is 4.33. The van der Waals surface area contributed by atoms with E-state index in [4.69, 9.17) is 0 Å². The zero-order valence-electron chi connectivity index (χ0n) is 12.8. The summed E-state index contributed by atoms with van der Waals surface area (Å²) < 4.78 is 29.3. The second-order valence-electron chi connectivity index (χ2n) is 5.12. The Morgan fingerprint density at radius 3 is 2.48 bits per heavy atom. The fraction of sp³-hybridized carbons (Fsp3) is 0.125. The van der Waals surface area contributed by atoms with Gasteiger partial charge in [0.2, 0.25) is 0 Å². The van der Waals surface area contributed by atoms with Crippen LogP contribution in [0.4, 0.5) is 5.82 Å². The summed E-state index contributed by atoms with van der Waals surface area (Å²) in [6, 6.07) is 13.1. The average molecular weight is 328 g/mol. The van der Waals surface area contributed by atoms with Crippen molar-refractivity contribution in [3.63, 3.8) is 0 Å². The maximum Gasteiger partial charge on any atom is 0.266 e. The minimum atomic E-state index is -3.75. The van der Waals surface area contributed by atoms with E-state index in [-0.39, 0.29) is 4.90 Å². The summed E-state index contributed by atoms with van der Waals surface area (Å²) in [6.45, 7) is 1.66. The van der Waals surface area contributed by atoms with Gasteiger partial charge in [0, 0.05) is 25.0 Å². The molecule has 2 aromatic heterocycles. The van der Waals surface area contributed by atoms with Gasteiger partial charge in [-0.1, -0.05) is 30.3 Å². The van der Waals surface area contributed by atoms with Gasteiger partial charge in [-0.3, -0.25) is 9.40 Å². The first-order valence-corrected chi connectivity index (χ1v) is 8.49. The van der Waals surface area contributed by atoms with E-state index < -0.39 is 10.0 Å². The third kappa shape index (κ3) is 3.09. The van der Waals surface area contributed by atoms with Crippen LogP contribution in [0.25, 0.3) is 11.1 Å². The van der Waals surface area contributed by atoms with Crippen LogP contribution in [-0.2, 0) is 17.1 Å². The molecule has 0 spiro atoms. The standard InChI is InChI=1S/C16H16N4O2S/c1-12-15(11-20(2)18-12)23(21,22)19-16-14(9-6-10-17-16)13-7-4-3-5-8-13/h3-11H,1-2H3,(H,17,19). The smallest absolute Gasteiger partial charge is 0.266 e. The number of rotatable bonds is 4. The molecule has 0 unspecified atom stereocenters. The number of anilines is 1. The molecule has 0 aliphatic carbocycles. The first-order valence-electron chi connectivity index (χ1n) is 7.01. The highest BCUT2D eigenvalue weighted by Gasteiger charge is 2.21. The molecule has 7 heteroatoms. The molecule has 0 amide bonds. The second-order valence-corrected chi connectivity index (χ2v) is 6.77. The Balaban J connectivity index is 2.03. The lowest BCUT2D eigenvalue weighted by molar-refractivity contribution is 0.600. The molecule has 0 saturated carbocycles. The molecule has 118 valence electrons. The van der Waals surface area contributed by atoms with Crippen molar-refractivity contribution in [2.45, 2.75) is 11.8 Å². The van der Waals surface area contributed by atoms with Crippen LogP contribution in [0.2, 0.25) is 0 Å². The van der Waals surface area contributed by atoms with Crippen molar-refractivity contribution < 1.29 is 8.42 Å². The molecule has 23 heavy (non-hydrogen) atoms. The molecule has 1 aromatic carbocycles. The average Bonchev–Trinajstić information content (AvgIpc) is 2.88. The fourth-order valence-electron chi connectivity index (χ4n) is 2.36. The number of benzene rings is 1. The molecule has 0 aliphatic rings. The number of pyridine rings is 1. The van der Waals surface area contributed by atoms with Crippen molar-refractivity contribution in [2.24, 2.45) is 7.05 Å². The molecule has 0 saturated heterocycles. The van der Waals surface area contributed by atoms with Crippen LogP contribution in [-0.4, -0.2) is 23.2 Å². The first kappa shape index (κ1) is 15.2. The maximum atomic E-state index is 12.6. The Bertz CT molecular complexity index is 934. The molecular weight excluding hydrogens is 312 g/mol. The molecule has 0 fully saturated rings. The van der Waals surface area contributed by atoms with Gasteiger partial charge in [-0.15, -0.1) is 0 Å². The number of nitrogens with one attached hydrogen (secondary N) is 1. The molecule has 3 rings (SSSR count). The van der Waals surface area contributed by atoms with E-state index in [9.17, 15) is 8.42 Å². The number of aryl methyl sites for hydroxylation is 2. The van der Waals surface area contributed by atoms with E-state index in [1.165, 1.54) is 10.9 Å². The number of aromatic nitrogens is 3. The van der Waals surface area contributed by atoms with Crippen LogP contribution in [0, 0.1) is 6.92 Å². The third-order valence-electron chi connectivity index (χ3n) is 3.38. The Kier molecular flexibility index (Phi) is 3.87. The first-order chi connectivity index (χ1) is 11.0. The lowest BCUT2D eigenvalue weighted by Gasteiger charge is -2.11. The Morgan fingerprint density at radius 1 is 1.09 bits per heavy atom. The largest absolute Gasteiger partial charge is 0.274 e. The highest BCUT2D eigenvalue weighted by molar-refractivity contribution is 7.92. The molecule has 0 bridgehead atoms. The number of hydrogen-bond acceptors (Lipinski definition) is 4. The predicted molar refractivity (Wildman–Crippen MR) is 88.4 cm³/mol. The van der Waals surface area contributed by atoms with Crippen molar-refractivity contribution in [3.05, 3.63) is 60.6 Å². The van der Waals surface area contributed by atoms with Gasteiger partial charge in [0.15, 0.2) is 0 Å². The summed E-state index contributed by atoms with van der Waals surface area (Å²) >= 11 is 0. The lowest BCUT2D eigenvalue weighted by Crippen LogP contribution is -2.15. The Labute approximate surface area is 134 Å². The monoisotopic (exact) mass is 328 g/mol. The molecule has 0 atom stereocenters. The lowest BCUT2D eigenvalue weighted by atomic mass is 10.1. The van der Waals surface area contributed by atoms with E-state index >= 15 is 0 Å². The predicted octanol–water partition coefficient (Wildman–Crippen LogP) is 2.59. The quantitative estimate of drug-likeness (QED) is 0.798. The van der Waals surface area contributed by atoms with E-state index in [0.29, 0.717) is 11.5 Å². The van der Waals surface area contributed by atoms with Crippen molar-refractivity contribution in [1.82, 2.24) is 14.8 Å². The molecule has 6 nitrogen and oxygen atoms in total. The number of nitrogens with zero attached hydrogens (tertiary/aromatic N) is 3. The van der Waals surface area contributed by atoms with Gasteiger partial charge < -0.3 is 0 Å². The second kappa shape index (κ2) is 5.85. The van der Waals surface area contributed by atoms with Crippen LogP contribution in [0.1, 0.15) is 5.69 Å². The van der Waals surface area contributed by atoms with Crippen LogP contribution in [0.15, 0.2) is 59.8 Å². The Hall–Kier alpha value is -2.67. The highest BCUT2D eigenvalue weighted by atomic mass is 32.2. The maximum absolute atomic E-state index is 12.6. The highest BCUT2D eigenvalue weighted by Crippen LogP contribution is 2.27. The molecule has 0 radical (unpaired) electrons. The molecule has 3 aromatic rings. The van der Waals surface area contributed by atoms with Crippen molar-refractivity contribution in [1.29, 1.82) is 0 Å². The van der Waals surface area contributed by atoms with Gasteiger partial charge in [-0.05, 0) is 24.6 Å². The van der Waals surface area contributed by atoms with E-state index in [1.54, 1.807) is 26.2 Å². The van der Waals surface area contributed by atoms with Crippen molar-refractivity contribution in [2.75, 3.05) is 4.72 Å². The van der Waals surface area contributed by atoms with Gasteiger partial charge in [-0.25, -0.2) is 13.4 Å². The zero-order valence-corrected chi connectivity index (χ0v) is 13.6. The van der Waals surface area contributed by atoms with Crippen LogP contribution in [0.5, 0.6) is 0 Å². The fourth-order valence-corrected chi connectivity index (χ4v) is 3.61. The topological polar surface area (TPSA) is 76.9 Å². The summed E-state index contributed by atoms with van der Waals surface area (Å²) in [5.41, 5.74) is 2.05.